The number of fused-ring (bicyclic) bond motifs is 5. The highest BCUT2D eigenvalue weighted by Crippen LogP contribution is 2.63. The standard InChI is InChI=1S/C29H46O3/c1-5-8-16-31-23-11-13-24-21(18-23)10-12-25-26-14-15-27(32-17-9-6-2)29(26,4)19-22(28(24)25)20-30-7-3/h11,13,18,22,25-28H,5-10,12,14-17,19-20H2,1-4H3/t22-,25?,26?,27?,28?,29?/m1/s1. The molecule has 6 atom stereocenters. The van der Waals surface area contributed by atoms with Crippen molar-refractivity contribution < 1.29 is 14.2 Å². The molecule has 0 amide bonds. The maximum atomic E-state index is 6.52. The number of unbranched alkanes of at least 4 members (excludes halogenated alkanes) is 2. The maximum Gasteiger partial charge on any atom is 0.119 e. The van der Waals surface area contributed by atoms with Gasteiger partial charge in [0.2, 0.25) is 0 Å². The molecule has 3 aliphatic carbocycles. The largest absolute Gasteiger partial charge is 0.494 e. The highest BCUT2D eigenvalue weighted by atomic mass is 16.5. The molecule has 3 heteroatoms. The summed E-state index contributed by atoms with van der Waals surface area (Å²) in [5.41, 5.74) is 3.42. The van der Waals surface area contributed by atoms with E-state index in [0.29, 0.717) is 23.4 Å². The molecule has 0 saturated heterocycles. The van der Waals surface area contributed by atoms with E-state index < -0.39 is 0 Å². The number of benzene rings is 1. The van der Waals surface area contributed by atoms with Gasteiger partial charge in [-0.1, -0.05) is 39.7 Å². The van der Waals surface area contributed by atoms with E-state index in [-0.39, 0.29) is 0 Å². The van der Waals surface area contributed by atoms with Gasteiger partial charge >= 0.3 is 0 Å². The van der Waals surface area contributed by atoms with Gasteiger partial charge in [0.05, 0.1) is 12.7 Å². The Bertz CT molecular complexity index is 731. The second-order valence-electron chi connectivity index (χ2n) is 10.8. The molecular weight excluding hydrogens is 396 g/mol. The zero-order valence-electron chi connectivity index (χ0n) is 21.0. The summed E-state index contributed by atoms with van der Waals surface area (Å²) in [6.45, 7) is 12.6. The lowest BCUT2D eigenvalue weighted by molar-refractivity contribution is -0.0922. The second-order valence-corrected chi connectivity index (χ2v) is 10.8. The van der Waals surface area contributed by atoms with Crippen molar-refractivity contribution in [2.24, 2.45) is 23.2 Å². The SMILES string of the molecule is CCCCOc1ccc2c(c1)CCC1C2[C@@H](COCC)CC2(C)C(OCCCC)CCC12. The Balaban J connectivity index is 1.57. The van der Waals surface area contributed by atoms with E-state index in [1.54, 1.807) is 5.56 Å². The van der Waals surface area contributed by atoms with E-state index >= 15 is 0 Å². The molecule has 2 saturated carbocycles. The van der Waals surface area contributed by atoms with Crippen LogP contribution in [0.25, 0.3) is 0 Å². The number of rotatable bonds is 11. The quantitative estimate of drug-likeness (QED) is 0.340. The molecule has 4 rings (SSSR count). The van der Waals surface area contributed by atoms with Gasteiger partial charge in [-0.15, -0.1) is 0 Å². The van der Waals surface area contributed by atoms with Crippen molar-refractivity contribution in [1.29, 1.82) is 0 Å². The van der Waals surface area contributed by atoms with E-state index in [2.05, 4.69) is 45.9 Å². The Morgan fingerprint density at radius 2 is 1.81 bits per heavy atom. The van der Waals surface area contributed by atoms with Gasteiger partial charge in [0, 0.05) is 19.8 Å². The zero-order chi connectivity index (χ0) is 22.6. The Morgan fingerprint density at radius 1 is 1.00 bits per heavy atom. The lowest BCUT2D eigenvalue weighted by atomic mass is 9.52. The minimum atomic E-state index is 0.303. The fourth-order valence-electron chi connectivity index (χ4n) is 7.32. The monoisotopic (exact) mass is 442 g/mol. The molecule has 5 unspecified atom stereocenters. The van der Waals surface area contributed by atoms with Gasteiger partial charge < -0.3 is 14.2 Å². The molecule has 0 aliphatic heterocycles. The number of aryl methyl sites for hydroxylation is 1. The predicted molar refractivity (Wildman–Crippen MR) is 131 cm³/mol. The Hall–Kier alpha value is -1.06. The first-order valence-electron chi connectivity index (χ1n) is 13.6. The summed E-state index contributed by atoms with van der Waals surface area (Å²) in [5.74, 6) is 3.82. The molecular formula is C29H46O3. The average molecular weight is 443 g/mol. The van der Waals surface area contributed by atoms with Crippen molar-refractivity contribution in [3.8, 4) is 5.75 Å². The van der Waals surface area contributed by atoms with Gasteiger partial charge in [0.25, 0.3) is 0 Å². The molecule has 1 aromatic rings. The van der Waals surface area contributed by atoms with E-state index in [4.69, 9.17) is 14.2 Å². The highest BCUT2D eigenvalue weighted by molar-refractivity contribution is 5.41. The Kier molecular flexibility index (Phi) is 8.21. The van der Waals surface area contributed by atoms with Crippen molar-refractivity contribution in [3.63, 3.8) is 0 Å². The van der Waals surface area contributed by atoms with E-state index in [9.17, 15) is 0 Å². The average Bonchev–Trinajstić information content (AvgIpc) is 3.13. The topological polar surface area (TPSA) is 27.7 Å². The predicted octanol–water partition coefficient (Wildman–Crippen LogP) is 7.17. The second kappa shape index (κ2) is 10.9. The number of ether oxygens (including phenoxy) is 3. The van der Waals surface area contributed by atoms with Crippen molar-refractivity contribution in [2.45, 2.75) is 97.5 Å². The van der Waals surface area contributed by atoms with Crippen LogP contribution < -0.4 is 4.74 Å². The molecule has 0 heterocycles. The molecule has 0 radical (unpaired) electrons. The molecule has 3 nitrogen and oxygen atoms in total. The Morgan fingerprint density at radius 3 is 2.59 bits per heavy atom. The van der Waals surface area contributed by atoms with Crippen LogP contribution in [0.5, 0.6) is 5.75 Å². The van der Waals surface area contributed by atoms with Crippen LogP contribution in [0.3, 0.4) is 0 Å². The van der Waals surface area contributed by atoms with Crippen LogP contribution in [0.4, 0.5) is 0 Å². The number of hydrogen-bond donors (Lipinski definition) is 0. The van der Waals surface area contributed by atoms with Gasteiger partial charge in [-0.3, -0.25) is 0 Å². The van der Waals surface area contributed by atoms with Crippen LogP contribution in [0.15, 0.2) is 18.2 Å². The van der Waals surface area contributed by atoms with Crippen LogP contribution in [-0.2, 0) is 15.9 Å². The molecule has 2 fully saturated rings. The summed E-state index contributed by atoms with van der Waals surface area (Å²) >= 11 is 0. The first kappa shape index (κ1) is 24.1. The van der Waals surface area contributed by atoms with E-state index in [1.165, 1.54) is 56.9 Å². The first-order valence-corrected chi connectivity index (χ1v) is 13.6. The Labute approximate surface area is 196 Å². The van der Waals surface area contributed by atoms with Crippen molar-refractivity contribution in [3.05, 3.63) is 29.3 Å². The third-order valence-electron chi connectivity index (χ3n) is 8.85. The van der Waals surface area contributed by atoms with Crippen molar-refractivity contribution in [1.82, 2.24) is 0 Å². The minimum Gasteiger partial charge on any atom is -0.494 e. The summed E-state index contributed by atoms with van der Waals surface area (Å²) in [6, 6.07) is 6.98. The van der Waals surface area contributed by atoms with Gasteiger partial charge in [-0.05, 0) is 104 Å². The molecule has 1 aromatic carbocycles. The van der Waals surface area contributed by atoms with Gasteiger partial charge in [-0.25, -0.2) is 0 Å². The van der Waals surface area contributed by atoms with Gasteiger partial charge in [-0.2, -0.15) is 0 Å². The minimum absolute atomic E-state index is 0.303. The lowest BCUT2D eigenvalue weighted by Crippen LogP contribution is -2.49. The fraction of sp³-hybridized carbons (Fsp3) is 0.793. The van der Waals surface area contributed by atoms with Gasteiger partial charge in [0.1, 0.15) is 5.75 Å². The van der Waals surface area contributed by atoms with Crippen LogP contribution in [-0.4, -0.2) is 32.5 Å². The van der Waals surface area contributed by atoms with Crippen LogP contribution in [0.1, 0.15) is 96.1 Å². The third kappa shape index (κ3) is 4.75. The molecule has 32 heavy (non-hydrogen) atoms. The number of hydrogen-bond acceptors (Lipinski definition) is 3. The van der Waals surface area contributed by atoms with Crippen LogP contribution >= 0.6 is 0 Å². The van der Waals surface area contributed by atoms with Crippen LogP contribution in [0, 0.1) is 23.2 Å². The zero-order valence-corrected chi connectivity index (χ0v) is 21.0. The highest BCUT2D eigenvalue weighted by Gasteiger charge is 2.58. The first-order chi connectivity index (χ1) is 15.6. The normalized spacial score (nSPS) is 33.4. The van der Waals surface area contributed by atoms with Crippen molar-refractivity contribution >= 4 is 0 Å². The summed E-state index contributed by atoms with van der Waals surface area (Å²) in [7, 11) is 0. The molecule has 3 aliphatic rings. The summed E-state index contributed by atoms with van der Waals surface area (Å²) in [4.78, 5) is 0. The summed E-state index contributed by atoms with van der Waals surface area (Å²) < 4.78 is 18.7. The van der Waals surface area contributed by atoms with E-state index in [1.807, 2.05) is 0 Å². The maximum absolute atomic E-state index is 6.52. The molecule has 0 spiro atoms. The van der Waals surface area contributed by atoms with E-state index in [0.717, 1.165) is 50.4 Å². The van der Waals surface area contributed by atoms with Crippen LogP contribution in [0.2, 0.25) is 0 Å². The molecule has 0 aromatic heterocycles. The summed E-state index contributed by atoms with van der Waals surface area (Å²) in [6.07, 6.45) is 11.4. The van der Waals surface area contributed by atoms with Crippen molar-refractivity contribution in [2.75, 3.05) is 26.4 Å². The summed E-state index contributed by atoms with van der Waals surface area (Å²) in [5, 5.41) is 0. The third-order valence-corrected chi connectivity index (χ3v) is 8.85. The lowest BCUT2D eigenvalue weighted by Gasteiger charge is -2.54. The molecule has 0 N–H and O–H groups in total. The fourth-order valence-corrected chi connectivity index (χ4v) is 7.32. The molecule has 0 bridgehead atoms. The smallest absolute Gasteiger partial charge is 0.119 e. The van der Waals surface area contributed by atoms with Gasteiger partial charge in [0.15, 0.2) is 0 Å². The molecule has 180 valence electrons.